The van der Waals surface area contributed by atoms with E-state index < -0.39 is 23.8 Å². The van der Waals surface area contributed by atoms with Gasteiger partial charge in [0.05, 0.1) is 23.6 Å². The third-order valence-corrected chi connectivity index (χ3v) is 4.45. The minimum absolute atomic E-state index is 0.0230. The van der Waals surface area contributed by atoms with Crippen LogP contribution in [0.15, 0.2) is 41.1 Å². The van der Waals surface area contributed by atoms with Crippen molar-refractivity contribution in [1.82, 2.24) is 9.55 Å². The predicted octanol–water partition coefficient (Wildman–Crippen LogP) is 6.23. The smallest absolute Gasteiger partial charge is 0.387 e. The Morgan fingerprint density at radius 1 is 1.14 bits per heavy atom. The van der Waals surface area contributed by atoms with Crippen LogP contribution in [0.5, 0.6) is 11.5 Å². The van der Waals surface area contributed by atoms with Gasteiger partial charge in [-0.1, -0.05) is 17.7 Å². The minimum Gasteiger partial charge on any atom is -0.494 e. The molecular weight excluding hydrogens is 468 g/mol. The van der Waals surface area contributed by atoms with E-state index in [9.17, 15) is 17.6 Å². The Bertz CT molecular complexity index is 990. The van der Waals surface area contributed by atoms with Crippen LogP contribution < -0.4 is 9.47 Å². The minimum atomic E-state index is -3.02. The lowest BCUT2D eigenvalue weighted by atomic mass is 10.1. The Hall–Kier alpha value is -2.26. The maximum atomic E-state index is 14.7. The number of imidazole rings is 1. The van der Waals surface area contributed by atoms with E-state index in [0.29, 0.717) is 0 Å². The van der Waals surface area contributed by atoms with Gasteiger partial charge in [0.1, 0.15) is 23.1 Å². The van der Waals surface area contributed by atoms with E-state index in [-0.39, 0.29) is 39.4 Å². The highest BCUT2D eigenvalue weighted by Gasteiger charge is 2.25. The van der Waals surface area contributed by atoms with Crippen molar-refractivity contribution in [1.29, 1.82) is 0 Å². The molecule has 4 nitrogen and oxygen atoms in total. The molecule has 0 saturated carbocycles. The molecule has 0 spiro atoms. The van der Waals surface area contributed by atoms with Crippen LogP contribution >= 0.6 is 27.5 Å². The highest BCUT2D eigenvalue weighted by Crippen LogP contribution is 2.38. The van der Waals surface area contributed by atoms with E-state index >= 15 is 0 Å². The van der Waals surface area contributed by atoms with Crippen LogP contribution in [-0.2, 0) is 0 Å². The van der Waals surface area contributed by atoms with E-state index in [1.807, 2.05) is 0 Å². The molecule has 10 heteroatoms. The Labute approximate surface area is 170 Å². The molecule has 0 radical (unpaired) electrons. The molecule has 0 unspecified atom stereocenters. The molecule has 0 bridgehead atoms. The summed E-state index contributed by atoms with van der Waals surface area (Å²) in [5.41, 5.74) is -0.278. The number of nitrogens with zero attached hydrogens (tertiary/aromatic N) is 2. The first-order valence-electron chi connectivity index (χ1n) is 7.93. The van der Waals surface area contributed by atoms with E-state index in [2.05, 4.69) is 25.7 Å². The van der Waals surface area contributed by atoms with Crippen molar-refractivity contribution in [3.05, 3.63) is 57.9 Å². The molecule has 0 aliphatic rings. The third-order valence-electron chi connectivity index (χ3n) is 3.66. The van der Waals surface area contributed by atoms with Crippen molar-refractivity contribution in [3.63, 3.8) is 0 Å². The van der Waals surface area contributed by atoms with Crippen molar-refractivity contribution in [2.45, 2.75) is 13.5 Å². The fraction of sp³-hybridized carbons (Fsp3) is 0.167. The molecule has 0 amide bonds. The summed E-state index contributed by atoms with van der Waals surface area (Å²) < 4.78 is 65.3. The fourth-order valence-electron chi connectivity index (χ4n) is 2.64. The summed E-state index contributed by atoms with van der Waals surface area (Å²) in [4.78, 5) is 3.99. The lowest BCUT2D eigenvalue weighted by molar-refractivity contribution is -0.0498. The Morgan fingerprint density at radius 3 is 2.43 bits per heavy atom. The summed E-state index contributed by atoms with van der Waals surface area (Å²) in [6.07, 6.45) is 0. The molecule has 3 aromatic rings. The summed E-state index contributed by atoms with van der Waals surface area (Å²) >= 11 is 9.30. The molecule has 0 aliphatic heterocycles. The van der Waals surface area contributed by atoms with Gasteiger partial charge < -0.3 is 9.47 Å². The summed E-state index contributed by atoms with van der Waals surface area (Å²) in [5.74, 6) is -1.95. The van der Waals surface area contributed by atoms with Crippen molar-refractivity contribution in [2.24, 2.45) is 0 Å². The molecule has 0 aliphatic carbocycles. The van der Waals surface area contributed by atoms with E-state index in [1.54, 1.807) is 6.92 Å². The molecule has 3 rings (SSSR count). The summed E-state index contributed by atoms with van der Waals surface area (Å²) in [7, 11) is 0. The zero-order valence-electron chi connectivity index (χ0n) is 14.2. The van der Waals surface area contributed by atoms with Gasteiger partial charge in [0.15, 0.2) is 9.89 Å². The molecule has 1 aromatic heterocycles. The highest BCUT2D eigenvalue weighted by molar-refractivity contribution is 9.10. The Morgan fingerprint density at radius 2 is 1.82 bits per heavy atom. The molecule has 0 atom stereocenters. The maximum Gasteiger partial charge on any atom is 0.387 e. The first-order chi connectivity index (χ1) is 13.3. The number of benzene rings is 2. The van der Waals surface area contributed by atoms with Crippen molar-refractivity contribution >= 4 is 27.5 Å². The average Bonchev–Trinajstić information content (AvgIpc) is 2.88. The predicted molar refractivity (Wildman–Crippen MR) is 99.4 cm³/mol. The standard InChI is InChI=1S/C18H12BrClF4N2O2/c1-2-27-11-7-12(21)14(13(22)8-11)15-16(20)25-17(19)26(15)9-4-3-5-10(6-9)28-18(23)24/h3-8,18H,2H2,1H3. The monoisotopic (exact) mass is 478 g/mol. The zero-order chi connectivity index (χ0) is 20.4. The van der Waals surface area contributed by atoms with Gasteiger partial charge >= 0.3 is 6.61 Å². The Balaban J connectivity index is 2.18. The van der Waals surface area contributed by atoms with Crippen molar-refractivity contribution in [3.8, 4) is 28.4 Å². The lowest BCUT2D eigenvalue weighted by Gasteiger charge is -2.14. The molecule has 28 heavy (non-hydrogen) atoms. The van der Waals surface area contributed by atoms with Crippen molar-refractivity contribution < 1.29 is 27.0 Å². The summed E-state index contributed by atoms with van der Waals surface area (Å²) in [5, 5.41) is -0.186. The number of alkyl halides is 2. The van der Waals surface area contributed by atoms with Crippen LogP contribution in [-0.4, -0.2) is 22.8 Å². The van der Waals surface area contributed by atoms with Gasteiger partial charge in [-0.05, 0) is 35.0 Å². The number of rotatable bonds is 6. The molecule has 148 valence electrons. The molecular formula is C18H12BrClF4N2O2. The zero-order valence-corrected chi connectivity index (χ0v) is 16.6. The SMILES string of the molecule is CCOc1cc(F)c(-c2c(Cl)nc(Br)n2-c2cccc(OC(F)F)c2)c(F)c1. The van der Waals surface area contributed by atoms with Crippen LogP contribution in [0.25, 0.3) is 16.9 Å². The second kappa shape index (κ2) is 8.40. The van der Waals surface area contributed by atoms with E-state index in [0.717, 1.165) is 12.1 Å². The average molecular weight is 480 g/mol. The van der Waals surface area contributed by atoms with Crippen molar-refractivity contribution in [2.75, 3.05) is 6.61 Å². The van der Waals surface area contributed by atoms with Gasteiger partial charge in [0, 0.05) is 18.2 Å². The summed E-state index contributed by atoms with van der Waals surface area (Å²) in [6, 6.07) is 7.61. The number of halogens is 6. The Kier molecular flexibility index (Phi) is 6.14. The summed E-state index contributed by atoms with van der Waals surface area (Å²) in [6.45, 7) is -1.11. The fourth-order valence-corrected chi connectivity index (χ4v) is 3.56. The van der Waals surface area contributed by atoms with Crippen LogP contribution in [0.2, 0.25) is 5.15 Å². The van der Waals surface area contributed by atoms with Gasteiger partial charge in [0.25, 0.3) is 0 Å². The maximum absolute atomic E-state index is 14.7. The van der Waals surface area contributed by atoms with Crippen LogP contribution in [0.1, 0.15) is 6.92 Å². The van der Waals surface area contributed by atoms with E-state index in [4.69, 9.17) is 16.3 Å². The number of hydrogen-bond donors (Lipinski definition) is 0. The second-order valence-electron chi connectivity index (χ2n) is 5.43. The van der Waals surface area contributed by atoms with E-state index in [1.165, 1.54) is 28.8 Å². The number of aromatic nitrogens is 2. The molecule has 1 heterocycles. The van der Waals surface area contributed by atoms with Gasteiger partial charge in [-0.3, -0.25) is 4.57 Å². The molecule has 2 aromatic carbocycles. The first-order valence-corrected chi connectivity index (χ1v) is 9.10. The molecule has 0 saturated heterocycles. The second-order valence-corrected chi connectivity index (χ2v) is 6.49. The normalized spacial score (nSPS) is 11.1. The topological polar surface area (TPSA) is 36.3 Å². The third kappa shape index (κ3) is 4.10. The quantitative estimate of drug-likeness (QED) is 0.393. The van der Waals surface area contributed by atoms with Crippen LogP contribution in [0.3, 0.4) is 0 Å². The highest BCUT2D eigenvalue weighted by atomic mass is 79.9. The lowest BCUT2D eigenvalue weighted by Crippen LogP contribution is -2.04. The number of hydrogen-bond acceptors (Lipinski definition) is 3. The molecule has 0 fully saturated rings. The first kappa shape index (κ1) is 20.5. The largest absolute Gasteiger partial charge is 0.494 e. The molecule has 0 N–H and O–H groups in total. The van der Waals surface area contributed by atoms with Gasteiger partial charge in [-0.2, -0.15) is 8.78 Å². The number of ether oxygens (including phenoxy) is 2. The van der Waals surface area contributed by atoms with Gasteiger partial charge in [-0.15, -0.1) is 0 Å². The van der Waals surface area contributed by atoms with Crippen LogP contribution in [0.4, 0.5) is 17.6 Å². The van der Waals surface area contributed by atoms with Gasteiger partial charge in [0.2, 0.25) is 0 Å². The van der Waals surface area contributed by atoms with Crippen LogP contribution in [0, 0.1) is 11.6 Å². The van der Waals surface area contributed by atoms with Gasteiger partial charge in [-0.25, -0.2) is 13.8 Å².